The molecule has 0 amide bonds. The molecule has 96 valence electrons. The van der Waals surface area contributed by atoms with Gasteiger partial charge in [0, 0.05) is 11.9 Å². The maximum Gasteiger partial charge on any atom is 0.172 e. The monoisotopic (exact) mass is 265 g/mol. The van der Waals surface area contributed by atoms with Crippen LogP contribution in [0.25, 0.3) is 5.82 Å². The number of halogens is 1. The summed E-state index contributed by atoms with van der Waals surface area (Å²) in [4.78, 5) is 4.28. The summed E-state index contributed by atoms with van der Waals surface area (Å²) in [5, 5.41) is 14.0. The minimum absolute atomic E-state index is 0.0652. The van der Waals surface area contributed by atoms with E-state index >= 15 is 0 Å². The quantitative estimate of drug-likeness (QED) is 0.928. The fourth-order valence-corrected chi connectivity index (χ4v) is 2.37. The lowest BCUT2D eigenvalue weighted by Gasteiger charge is -2.07. The highest BCUT2D eigenvalue weighted by Gasteiger charge is 2.14. The summed E-state index contributed by atoms with van der Waals surface area (Å²) in [5.41, 5.74) is 3.97. The lowest BCUT2D eigenvalue weighted by Crippen LogP contribution is -2.04. The van der Waals surface area contributed by atoms with Crippen molar-refractivity contribution in [1.82, 2.24) is 14.8 Å². The van der Waals surface area contributed by atoms with E-state index in [-0.39, 0.29) is 6.61 Å². The molecule has 0 spiro atoms. The van der Waals surface area contributed by atoms with Gasteiger partial charge in [0.15, 0.2) is 5.82 Å². The molecule has 18 heavy (non-hydrogen) atoms. The van der Waals surface area contributed by atoms with Crippen molar-refractivity contribution in [2.75, 3.05) is 0 Å². The van der Waals surface area contributed by atoms with Gasteiger partial charge in [-0.25, -0.2) is 9.67 Å². The van der Waals surface area contributed by atoms with Crippen LogP contribution < -0.4 is 0 Å². The standard InChI is InChI=1S/C13H16ClN3O/c1-4-11-8(2)16-17(9(11)3)13-12(14)5-10(7-18)6-15-13/h5-6,18H,4,7H2,1-3H3. The number of nitrogens with zero attached hydrogens (tertiary/aromatic N) is 3. The summed E-state index contributed by atoms with van der Waals surface area (Å²) in [6.45, 7) is 6.03. The van der Waals surface area contributed by atoms with Gasteiger partial charge in [0.25, 0.3) is 0 Å². The maximum absolute atomic E-state index is 9.04. The van der Waals surface area contributed by atoms with Gasteiger partial charge in [0.1, 0.15) is 0 Å². The number of aliphatic hydroxyl groups is 1. The Labute approximate surface area is 111 Å². The first kappa shape index (κ1) is 13.1. The van der Waals surface area contributed by atoms with Gasteiger partial charge in [0.2, 0.25) is 0 Å². The highest BCUT2D eigenvalue weighted by Crippen LogP contribution is 2.23. The van der Waals surface area contributed by atoms with Crippen LogP contribution in [0.5, 0.6) is 0 Å². The van der Waals surface area contributed by atoms with Crippen LogP contribution in [0.3, 0.4) is 0 Å². The summed E-state index contributed by atoms with van der Waals surface area (Å²) >= 11 is 6.19. The van der Waals surface area contributed by atoms with Crippen LogP contribution in [0.2, 0.25) is 5.02 Å². The Morgan fingerprint density at radius 1 is 1.39 bits per heavy atom. The normalized spacial score (nSPS) is 10.9. The Morgan fingerprint density at radius 3 is 2.61 bits per heavy atom. The summed E-state index contributed by atoms with van der Waals surface area (Å²) in [6.07, 6.45) is 2.55. The fraction of sp³-hybridized carbons (Fsp3) is 0.385. The van der Waals surface area contributed by atoms with E-state index in [2.05, 4.69) is 17.0 Å². The molecule has 2 rings (SSSR count). The van der Waals surface area contributed by atoms with Crippen molar-refractivity contribution in [1.29, 1.82) is 0 Å². The summed E-state index contributed by atoms with van der Waals surface area (Å²) < 4.78 is 1.76. The second kappa shape index (κ2) is 5.08. The van der Waals surface area contributed by atoms with Crippen molar-refractivity contribution >= 4 is 11.6 Å². The van der Waals surface area contributed by atoms with E-state index in [4.69, 9.17) is 16.7 Å². The van der Waals surface area contributed by atoms with E-state index in [1.54, 1.807) is 16.9 Å². The Balaban J connectivity index is 2.55. The van der Waals surface area contributed by atoms with Gasteiger partial charge in [-0.15, -0.1) is 0 Å². The van der Waals surface area contributed by atoms with Crippen molar-refractivity contribution in [3.63, 3.8) is 0 Å². The second-order valence-corrected chi connectivity index (χ2v) is 4.63. The number of aliphatic hydroxyl groups excluding tert-OH is 1. The highest BCUT2D eigenvalue weighted by atomic mass is 35.5. The van der Waals surface area contributed by atoms with Crippen LogP contribution in [0, 0.1) is 13.8 Å². The molecule has 0 atom stereocenters. The molecule has 5 heteroatoms. The van der Waals surface area contributed by atoms with Gasteiger partial charge in [-0.3, -0.25) is 0 Å². The Kier molecular flexibility index (Phi) is 3.68. The Bertz CT molecular complexity index is 578. The summed E-state index contributed by atoms with van der Waals surface area (Å²) in [7, 11) is 0. The first-order valence-electron chi connectivity index (χ1n) is 5.89. The predicted octanol–water partition coefficient (Wildman–Crippen LogP) is 2.59. The van der Waals surface area contributed by atoms with Gasteiger partial charge in [0.05, 0.1) is 17.3 Å². The molecule has 0 aliphatic rings. The fourth-order valence-electron chi connectivity index (χ4n) is 2.11. The summed E-state index contributed by atoms with van der Waals surface area (Å²) in [6, 6.07) is 1.71. The van der Waals surface area contributed by atoms with Gasteiger partial charge in [-0.05, 0) is 37.5 Å². The van der Waals surface area contributed by atoms with Crippen molar-refractivity contribution in [3.8, 4) is 5.82 Å². The zero-order valence-corrected chi connectivity index (χ0v) is 11.5. The average Bonchev–Trinajstić information content (AvgIpc) is 2.64. The van der Waals surface area contributed by atoms with Crippen LogP contribution >= 0.6 is 11.6 Å². The molecule has 0 saturated carbocycles. The highest BCUT2D eigenvalue weighted by molar-refractivity contribution is 6.32. The van der Waals surface area contributed by atoms with Crippen LogP contribution in [-0.2, 0) is 13.0 Å². The molecule has 0 saturated heterocycles. The number of pyridine rings is 1. The first-order valence-corrected chi connectivity index (χ1v) is 6.27. The Hall–Kier alpha value is -1.39. The number of rotatable bonds is 3. The molecular formula is C13H16ClN3O. The van der Waals surface area contributed by atoms with Crippen LogP contribution in [0.1, 0.15) is 29.4 Å². The lowest BCUT2D eigenvalue weighted by molar-refractivity contribution is 0.281. The molecule has 0 aliphatic carbocycles. The SMILES string of the molecule is CCc1c(C)nn(-c2ncc(CO)cc2Cl)c1C. The third-order valence-electron chi connectivity index (χ3n) is 3.06. The van der Waals surface area contributed by atoms with E-state index in [1.807, 2.05) is 13.8 Å². The minimum Gasteiger partial charge on any atom is -0.392 e. The molecule has 2 aromatic heterocycles. The molecule has 0 radical (unpaired) electrons. The first-order chi connectivity index (χ1) is 8.58. The summed E-state index contributed by atoms with van der Waals surface area (Å²) in [5.74, 6) is 0.606. The van der Waals surface area contributed by atoms with E-state index in [9.17, 15) is 0 Å². The van der Waals surface area contributed by atoms with E-state index < -0.39 is 0 Å². The minimum atomic E-state index is -0.0652. The molecule has 1 N–H and O–H groups in total. The van der Waals surface area contributed by atoms with Crippen molar-refractivity contribution < 1.29 is 5.11 Å². The second-order valence-electron chi connectivity index (χ2n) is 4.22. The zero-order valence-electron chi connectivity index (χ0n) is 10.7. The van der Waals surface area contributed by atoms with Gasteiger partial charge < -0.3 is 5.11 Å². The largest absolute Gasteiger partial charge is 0.392 e. The van der Waals surface area contributed by atoms with E-state index in [1.165, 1.54) is 5.56 Å². The predicted molar refractivity (Wildman–Crippen MR) is 71.1 cm³/mol. The van der Waals surface area contributed by atoms with E-state index in [0.717, 1.165) is 17.8 Å². The van der Waals surface area contributed by atoms with Crippen molar-refractivity contribution in [2.24, 2.45) is 0 Å². The maximum atomic E-state index is 9.04. The van der Waals surface area contributed by atoms with Crippen molar-refractivity contribution in [2.45, 2.75) is 33.8 Å². The third-order valence-corrected chi connectivity index (χ3v) is 3.33. The molecule has 4 nitrogen and oxygen atoms in total. The van der Waals surface area contributed by atoms with E-state index in [0.29, 0.717) is 16.4 Å². The molecule has 0 aliphatic heterocycles. The zero-order chi connectivity index (χ0) is 13.3. The lowest BCUT2D eigenvalue weighted by atomic mass is 10.1. The molecule has 2 aromatic rings. The number of aromatic nitrogens is 3. The van der Waals surface area contributed by atoms with Gasteiger partial charge in [-0.2, -0.15) is 5.10 Å². The number of aryl methyl sites for hydroxylation is 1. The Morgan fingerprint density at radius 2 is 2.11 bits per heavy atom. The average molecular weight is 266 g/mol. The molecule has 0 fully saturated rings. The van der Waals surface area contributed by atoms with Crippen LogP contribution in [0.15, 0.2) is 12.3 Å². The topological polar surface area (TPSA) is 50.9 Å². The van der Waals surface area contributed by atoms with Crippen molar-refractivity contribution in [3.05, 3.63) is 39.8 Å². The smallest absolute Gasteiger partial charge is 0.172 e. The van der Waals surface area contributed by atoms with Gasteiger partial charge in [-0.1, -0.05) is 18.5 Å². The molecule has 0 unspecified atom stereocenters. The number of hydrogen-bond acceptors (Lipinski definition) is 3. The molecular weight excluding hydrogens is 250 g/mol. The third kappa shape index (κ3) is 2.13. The molecule has 0 aromatic carbocycles. The molecule has 2 heterocycles. The number of hydrogen-bond donors (Lipinski definition) is 1. The van der Waals surface area contributed by atoms with Crippen LogP contribution in [0.4, 0.5) is 0 Å². The molecule has 0 bridgehead atoms. The van der Waals surface area contributed by atoms with Gasteiger partial charge >= 0.3 is 0 Å². The van der Waals surface area contributed by atoms with Crippen LogP contribution in [-0.4, -0.2) is 19.9 Å².